The number of hydrogen-bond acceptors (Lipinski definition) is 34. The topological polar surface area (TPSA) is 485 Å². The molecule has 0 atom stereocenters. The predicted molar refractivity (Wildman–Crippen MR) is 510 cm³/mol. The molecule has 674 valence electrons. The number of aliphatic hydroxyl groups is 1. The summed E-state index contributed by atoms with van der Waals surface area (Å²) in [4.78, 5) is 94.3. The quantitative estimate of drug-likeness (QED) is 0.00425. The van der Waals surface area contributed by atoms with E-state index in [0.717, 1.165) is 102 Å². The number of ether oxygens (including phenoxy) is 5. The van der Waals surface area contributed by atoms with Crippen molar-refractivity contribution in [3.8, 4) is 44.6 Å². The van der Waals surface area contributed by atoms with E-state index in [9.17, 15) is 28.8 Å². The number of carbonyl (C=O) groups is 6. The Morgan fingerprint density at radius 2 is 0.783 bits per heavy atom. The summed E-state index contributed by atoms with van der Waals surface area (Å²) in [5.74, 6) is -1.82. The van der Waals surface area contributed by atoms with E-state index in [0.29, 0.717) is 79.1 Å². The second kappa shape index (κ2) is 51.0. The molecule has 6 aromatic heterocycles. The van der Waals surface area contributed by atoms with Crippen LogP contribution >= 0.6 is 66.9 Å². The van der Waals surface area contributed by atoms with E-state index in [1.165, 1.54) is 88.5 Å². The summed E-state index contributed by atoms with van der Waals surface area (Å²) in [6, 6.07) is 44.3. The van der Waals surface area contributed by atoms with Gasteiger partial charge in [0, 0.05) is 51.9 Å². The maximum absolute atomic E-state index is 11.6. The smallest absolute Gasteiger partial charge is 0.870 e. The Labute approximate surface area is 782 Å². The molecule has 9 aromatic carbocycles. The van der Waals surface area contributed by atoms with Crippen molar-refractivity contribution in [3.05, 3.63) is 240 Å². The maximum atomic E-state index is 11.6. The second-order valence-corrected chi connectivity index (χ2v) is 33.9. The molecule has 129 heavy (non-hydrogen) atoms. The fourth-order valence-electron chi connectivity index (χ4n) is 11.2. The molecule has 12 N–H and O–H groups in total. The number of aryl methyl sites for hydroxylation is 12. The molecule has 15 rings (SSSR count). The fraction of sp³-hybridized carbons (Fsp3) is 0.250. The number of benzene rings is 9. The molecule has 0 fully saturated rings. The molecule has 6 heterocycles. The number of esters is 4. The standard InChI is InChI=1S/C19H15N3O3S.C18H13N3O3S.C16H20N2S2.C12H13NO2S.C9H10N2O3.C9H10N2S.C5H8O3.C3H8O2.CH4.Li.H2O/c1-10-4-5-11(2)15-14(10)20-18(26-15)17-21-16(22-25-17)12-6-8-13(9-7-12)19(23)24-3;1-9-3-4-10(2)14-13(9)19-17(25-14)16-20-15(21-24-16)11-5-7-12(8-6-11)18(22)23;1-9-5-7-11(3)15(13(9)17)19-20-16-12(4)8-6-10(2)14(16)18;1-4-15-12(14)11-13-9-7(2)5-6-8(3)10(9)16-11;1-14-9(12)7-4-2-6(3-5-7)8(10)11-13;1-5-3-4-6(2)8-7(5)11-9(10)12-8;1-3-8-5(7)4(2)6;1-5-3-2-4;;;/h4-9H,1-3H3;3-8H,1-2H3,(H,22,23);5-8H,17-18H2,1-4H3;5-6H,4H2,1-3H3;2-5,13H,1H3,(H2,10,11);3-4H,1-2H3,(H2,10,11);3H2,1-2H3;4H,2-3H2,1H3;1H4;;1H2/q;;;;;;;;;+1;/p-1. The number of thiazole rings is 4. The molecule has 0 radical (unpaired) electrons. The van der Waals surface area contributed by atoms with Gasteiger partial charge in [0.1, 0.15) is 0 Å². The van der Waals surface area contributed by atoms with Gasteiger partial charge in [0.15, 0.2) is 21.0 Å². The van der Waals surface area contributed by atoms with Gasteiger partial charge in [-0.15, -0.1) is 34.0 Å². The molecular weight excluding hydrogens is 1760 g/mol. The van der Waals surface area contributed by atoms with E-state index in [1.807, 2.05) is 66.7 Å². The molecule has 0 bridgehead atoms. The number of aromatic carboxylic acids is 1. The molecule has 0 aliphatic heterocycles. The predicted octanol–water partition coefficient (Wildman–Crippen LogP) is 17.0. The van der Waals surface area contributed by atoms with Crippen LogP contribution in [0, 0.1) is 83.1 Å². The minimum Gasteiger partial charge on any atom is -0.870 e. The number of fused-ring (bicyclic) bond motifs is 4. The molecule has 37 heteroatoms. The third-order valence-electron chi connectivity index (χ3n) is 18.4. The monoisotopic (exact) mass is 1860 g/mol. The number of nitrogens with two attached hydrogens (primary N) is 4. The Morgan fingerprint density at radius 1 is 0.442 bits per heavy atom. The molecule has 0 saturated carbocycles. The second-order valence-electron chi connectivity index (χ2n) is 27.7. The number of aliphatic hydroxyl groups excluding tert-OH is 1. The third kappa shape index (κ3) is 28.6. The van der Waals surface area contributed by atoms with Gasteiger partial charge >= 0.3 is 48.7 Å². The van der Waals surface area contributed by atoms with Gasteiger partial charge in [-0.1, -0.05) is 165 Å². The van der Waals surface area contributed by atoms with Crippen LogP contribution in [-0.2, 0) is 33.3 Å². The number of carboxylic acids is 1. The molecule has 0 amide bonds. The summed E-state index contributed by atoms with van der Waals surface area (Å²) >= 11 is 6.02. The summed E-state index contributed by atoms with van der Waals surface area (Å²) in [6.45, 7) is 30.4. The summed E-state index contributed by atoms with van der Waals surface area (Å²) in [5, 5.41) is 38.6. The first-order valence-electron chi connectivity index (χ1n) is 38.7. The number of nitrogen functional groups attached to an aromatic ring is 3. The molecular formula is C92H102LiN13O17S6. The van der Waals surface area contributed by atoms with E-state index >= 15 is 0 Å². The molecule has 0 unspecified atom stereocenters. The van der Waals surface area contributed by atoms with Crippen LogP contribution in [0.25, 0.3) is 85.4 Å². The summed E-state index contributed by atoms with van der Waals surface area (Å²) in [6.07, 6.45) is 0. The number of nitrogens with zero attached hydrogens (tertiary/aromatic N) is 9. The summed E-state index contributed by atoms with van der Waals surface area (Å²) < 4.78 is 38.2. The van der Waals surface area contributed by atoms with Crippen LogP contribution in [0.1, 0.15) is 141 Å². The average Bonchev–Trinajstić information content (AvgIpc) is 1.66. The SMILES string of the molecule is C.CCOC(=O)C(C)=O.CCOC(=O)c1nc2c(C)ccc(C)c2s1.COC(=O)c1ccc(-c2noc(-c3nc4c(C)ccc(C)c4s3)n2)cc1.COC(=O)c1ccc(/C(N)=N\O)cc1.COCCO.Cc1ccc(C)c(SSc2c(C)ccc(C)c2N)c1N.Cc1ccc(C)c2sc(-c3nc(-c4ccc(C(=O)O)cc4)no3)nc12.Cc1ccc(C)c2sc(N)nc12.[Li+].[OH-]. The van der Waals surface area contributed by atoms with E-state index in [-0.39, 0.29) is 68.3 Å². The average molecular weight is 1860 g/mol. The number of ketones is 1. The van der Waals surface area contributed by atoms with Gasteiger partial charge in [0.2, 0.25) is 22.4 Å². The zero-order chi connectivity index (χ0) is 92.3. The van der Waals surface area contributed by atoms with Gasteiger partial charge in [-0.25, -0.2) is 43.9 Å². The van der Waals surface area contributed by atoms with Crippen LogP contribution in [0.3, 0.4) is 0 Å². The molecule has 0 aliphatic rings. The molecule has 0 spiro atoms. The Balaban J connectivity index is 0.000000270. The Kier molecular flexibility index (Phi) is 42.4. The van der Waals surface area contributed by atoms with Crippen molar-refractivity contribution in [3.63, 3.8) is 0 Å². The first-order valence-corrected chi connectivity index (χ1v) is 44.1. The Morgan fingerprint density at radius 3 is 1.11 bits per heavy atom. The number of methoxy groups -OCH3 is 3. The number of hydrogen-bond donors (Lipinski definition) is 7. The largest absolute Gasteiger partial charge is 1.00 e. The minimum absolute atomic E-state index is 0. The number of Topliss-reactive ketones (excluding diaryl/α,β-unsaturated/α-hetero) is 1. The van der Waals surface area contributed by atoms with Gasteiger partial charge in [-0.3, -0.25) is 4.79 Å². The van der Waals surface area contributed by atoms with Crippen LogP contribution in [0.15, 0.2) is 170 Å². The van der Waals surface area contributed by atoms with Crippen molar-refractivity contribution in [1.29, 1.82) is 0 Å². The molecule has 0 aliphatic carbocycles. The first kappa shape index (κ1) is 107. The number of carboxylic acid groups (broad SMARTS) is 1. The normalized spacial score (nSPS) is 10.4. The van der Waals surface area contributed by atoms with Gasteiger partial charge < -0.3 is 76.6 Å². The van der Waals surface area contributed by atoms with Crippen molar-refractivity contribution in [2.45, 2.75) is 121 Å². The van der Waals surface area contributed by atoms with Crippen molar-refractivity contribution >= 4 is 166 Å². The number of anilines is 3. The number of aromatic nitrogens is 8. The van der Waals surface area contributed by atoms with Gasteiger partial charge in [-0.2, -0.15) is 9.97 Å². The van der Waals surface area contributed by atoms with E-state index in [1.54, 1.807) is 126 Å². The number of carbonyl (C=O) groups excluding carboxylic acids is 5. The number of oxime groups is 1. The molecule has 15 aromatic rings. The zero-order valence-electron chi connectivity index (χ0n) is 74.1. The minimum atomic E-state index is -0.972. The third-order valence-corrected chi connectivity index (χ3v) is 25.7. The van der Waals surface area contributed by atoms with Crippen molar-refractivity contribution in [1.82, 2.24) is 40.2 Å². The number of amidine groups is 1. The van der Waals surface area contributed by atoms with Crippen molar-refractivity contribution in [2.24, 2.45) is 10.9 Å². The van der Waals surface area contributed by atoms with E-state index in [4.69, 9.17) is 56.9 Å². The number of rotatable bonds is 17. The zero-order valence-corrected chi connectivity index (χ0v) is 79.0. The Hall–Kier alpha value is -12.3. The molecule has 30 nitrogen and oxygen atoms in total. The van der Waals surface area contributed by atoms with Gasteiger partial charge in [0.25, 0.3) is 11.8 Å². The first-order chi connectivity index (χ1) is 60.1. The van der Waals surface area contributed by atoms with Crippen LogP contribution in [0.2, 0.25) is 0 Å². The van der Waals surface area contributed by atoms with Crippen LogP contribution in [-0.4, -0.2) is 150 Å². The Bertz CT molecular complexity index is 6170. The van der Waals surface area contributed by atoms with E-state index < -0.39 is 23.7 Å². The van der Waals surface area contributed by atoms with Crippen LogP contribution in [0.5, 0.6) is 0 Å². The van der Waals surface area contributed by atoms with Crippen molar-refractivity contribution < 1.29 is 101 Å². The van der Waals surface area contributed by atoms with E-state index in [2.05, 4.69) is 149 Å². The maximum Gasteiger partial charge on any atom is 1.00 e. The van der Waals surface area contributed by atoms with Crippen molar-refractivity contribution in [2.75, 3.05) is 65.0 Å². The molecule has 0 saturated heterocycles. The summed E-state index contributed by atoms with van der Waals surface area (Å²) in [5.41, 5.74) is 45.9. The van der Waals surface area contributed by atoms with Crippen LogP contribution < -0.4 is 41.8 Å². The van der Waals surface area contributed by atoms with Gasteiger partial charge in [-0.05, 0) is 200 Å². The van der Waals surface area contributed by atoms with Gasteiger partial charge in [0.05, 0.1) is 98.2 Å². The fourth-order valence-corrected chi connectivity index (χ4v) is 18.0. The summed E-state index contributed by atoms with van der Waals surface area (Å²) in [7, 11) is 7.59. The van der Waals surface area contributed by atoms with Crippen LogP contribution in [0.4, 0.5) is 16.5 Å².